The van der Waals surface area contributed by atoms with Crippen molar-refractivity contribution in [3.05, 3.63) is 137 Å². The van der Waals surface area contributed by atoms with Crippen LogP contribution in [-0.4, -0.2) is 27.2 Å². The molecule has 216 valence electrons. The number of carbonyl (C=O) groups excluding carboxylic acids is 1. The Morgan fingerprint density at radius 1 is 0.953 bits per heavy atom. The topological polar surface area (TPSA) is 71.4 Å². The van der Waals surface area contributed by atoms with E-state index in [9.17, 15) is 4.79 Å². The maximum Gasteiger partial charge on any atom is 0.262 e. The van der Waals surface area contributed by atoms with Gasteiger partial charge in [0.05, 0.1) is 17.8 Å². The zero-order valence-electron chi connectivity index (χ0n) is 23.7. The predicted molar refractivity (Wildman–Crippen MR) is 175 cm³/mol. The van der Waals surface area contributed by atoms with E-state index in [2.05, 4.69) is 51.1 Å². The minimum absolute atomic E-state index is 0.0814. The lowest BCUT2D eigenvalue weighted by Crippen LogP contribution is -2.29. The molecule has 2 atom stereocenters. The second-order valence-corrected chi connectivity index (χ2v) is 11.2. The molecular formula is C34H30ClN5O2S. The number of nitrogens with one attached hydrogen (secondary N) is 2. The SMILES string of the molecule is Cc1cc([C@H]2[C@H](c3ccccn3)NC(=S)N2c2ccc(NC(=O)COc3ccccc3)cc2)c(C)n1-c1cccc(Cl)c1. The number of nitrogens with zero attached hydrogens (tertiary/aromatic N) is 3. The normalized spacial score (nSPS) is 16.2. The zero-order valence-corrected chi connectivity index (χ0v) is 25.3. The molecular weight excluding hydrogens is 578 g/mol. The second kappa shape index (κ2) is 12.3. The lowest BCUT2D eigenvalue weighted by Gasteiger charge is -2.28. The summed E-state index contributed by atoms with van der Waals surface area (Å²) in [7, 11) is 0. The number of amides is 1. The summed E-state index contributed by atoms with van der Waals surface area (Å²) in [5.41, 5.74) is 6.75. The van der Waals surface area contributed by atoms with E-state index in [0.717, 1.165) is 34.0 Å². The Balaban J connectivity index is 1.31. The molecule has 3 heterocycles. The zero-order chi connectivity index (χ0) is 29.9. The molecule has 2 aromatic heterocycles. The number of rotatable bonds is 8. The van der Waals surface area contributed by atoms with Crippen molar-refractivity contribution in [2.24, 2.45) is 0 Å². The number of pyridine rings is 1. The minimum atomic E-state index is -0.239. The summed E-state index contributed by atoms with van der Waals surface area (Å²) < 4.78 is 7.79. The van der Waals surface area contributed by atoms with Gasteiger partial charge in [0.2, 0.25) is 0 Å². The van der Waals surface area contributed by atoms with E-state index in [0.29, 0.717) is 21.6 Å². The number of hydrogen-bond donors (Lipinski definition) is 2. The number of aryl methyl sites for hydroxylation is 1. The second-order valence-electron chi connectivity index (χ2n) is 10.3. The van der Waals surface area contributed by atoms with Crippen LogP contribution >= 0.6 is 23.8 Å². The van der Waals surface area contributed by atoms with Crippen LogP contribution in [0.4, 0.5) is 11.4 Å². The molecule has 1 aliphatic heterocycles. The number of aromatic nitrogens is 2. The van der Waals surface area contributed by atoms with Gasteiger partial charge in [-0.05, 0) is 104 Å². The highest BCUT2D eigenvalue weighted by Gasteiger charge is 2.42. The predicted octanol–water partition coefficient (Wildman–Crippen LogP) is 7.34. The number of carbonyl (C=O) groups is 1. The highest BCUT2D eigenvalue weighted by molar-refractivity contribution is 7.80. The van der Waals surface area contributed by atoms with Crippen LogP contribution in [0.3, 0.4) is 0 Å². The maximum absolute atomic E-state index is 12.5. The van der Waals surface area contributed by atoms with Gasteiger partial charge in [-0.15, -0.1) is 0 Å². The largest absolute Gasteiger partial charge is 0.484 e. The molecule has 0 radical (unpaired) electrons. The van der Waals surface area contributed by atoms with Gasteiger partial charge in [0.1, 0.15) is 5.75 Å². The van der Waals surface area contributed by atoms with Crippen molar-refractivity contribution >= 4 is 46.2 Å². The van der Waals surface area contributed by atoms with E-state index < -0.39 is 0 Å². The van der Waals surface area contributed by atoms with Gasteiger partial charge in [0.25, 0.3) is 5.91 Å². The molecule has 0 unspecified atom stereocenters. The Hall–Kier alpha value is -4.66. The van der Waals surface area contributed by atoms with Crippen molar-refractivity contribution in [3.63, 3.8) is 0 Å². The highest BCUT2D eigenvalue weighted by Crippen LogP contribution is 2.44. The molecule has 6 rings (SSSR count). The molecule has 0 saturated carbocycles. The monoisotopic (exact) mass is 607 g/mol. The number of ether oxygens (including phenoxy) is 1. The van der Waals surface area contributed by atoms with Gasteiger partial charge in [0.15, 0.2) is 11.7 Å². The third kappa shape index (κ3) is 5.98. The molecule has 1 amide bonds. The summed E-state index contributed by atoms with van der Waals surface area (Å²) in [5.74, 6) is 0.405. The number of halogens is 1. The van der Waals surface area contributed by atoms with Crippen LogP contribution < -0.4 is 20.3 Å². The molecule has 5 aromatic rings. The van der Waals surface area contributed by atoms with Crippen LogP contribution in [0.15, 0.2) is 109 Å². The number of thiocarbonyl (C=S) groups is 1. The fourth-order valence-electron chi connectivity index (χ4n) is 5.62. The first-order valence-electron chi connectivity index (χ1n) is 13.9. The van der Waals surface area contributed by atoms with Crippen LogP contribution in [-0.2, 0) is 4.79 Å². The van der Waals surface area contributed by atoms with Gasteiger partial charge in [0, 0.05) is 39.7 Å². The lowest BCUT2D eigenvalue weighted by atomic mass is 9.96. The molecule has 43 heavy (non-hydrogen) atoms. The Bertz CT molecular complexity index is 1760. The summed E-state index contributed by atoms with van der Waals surface area (Å²) in [6.07, 6.45) is 1.80. The van der Waals surface area contributed by atoms with Gasteiger partial charge in [-0.3, -0.25) is 9.78 Å². The molecule has 1 saturated heterocycles. The Kier molecular flexibility index (Phi) is 8.13. The summed E-state index contributed by atoms with van der Waals surface area (Å²) in [6, 6.07) is 32.6. The summed E-state index contributed by atoms with van der Waals surface area (Å²) >= 11 is 12.3. The molecule has 0 bridgehead atoms. The van der Waals surface area contributed by atoms with Crippen LogP contribution in [0.25, 0.3) is 5.69 Å². The van der Waals surface area contributed by atoms with Crippen LogP contribution in [0, 0.1) is 13.8 Å². The van der Waals surface area contributed by atoms with Crippen molar-refractivity contribution < 1.29 is 9.53 Å². The molecule has 1 fully saturated rings. The lowest BCUT2D eigenvalue weighted by molar-refractivity contribution is -0.118. The molecule has 9 heteroatoms. The number of hydrogen-bond acceptors (Lipinski definition) is 4. The Morgan fingerprint density at radius 2 is 1.72 bits per heavy atom. The van der Waals surface area contributed by atoms with Gasteiger partial charge in [-0.2, -0.15) is 0 Å². The first-order chi connectivity index (χ1) is 20.9. The number of anilines is 2. The van der Waals surface area contributed by atoms with Crippen molar-refractivity contribution in [3.8, 4) is 11.4 Å². The summed E-state index contributed by atoms with van der Waals surface area (Å²) in [5, 5.41) is 7.72. The molecule has 0 aliphatic carbocycles. The molecule has 1 aliphatic rings. The molecule has 3 aromatic carbocycles. The summed E-state index contributed by atoms with van der Waals surface area (Å²) in [4.78, 5) is 19.3. The molecule has 2 N–H and O–H groups in total. The van der Waals surface area contributed by atoms with E-state index in [4.69, 9.17) is 28.6 Å². The van der Waals surface area contributed by atoms with E-state index in [1.165, 1.54) is 0 Å². The third-order valence-corrected chi connectivity index (χ3v) is 8.05. The van der Waals surface area contributed by atoms with E-state index in [1.807, 2.05) is 91.0 Å². The fourth-order valence-corrected chi connectivity index (χ4v) is 6.15. The smallest absolute Gasteiger partial charge is 0.262 e. The van der Waals surface area contributed by atoms with Crippen LogP contribution in [0.2, 0.25) is 5.02 Å². The van der Waals surface area contributed by atoms with Crippen LogP contribution in [0.1, 0.15) is 34.7 Å². The first-order valence-corrected chi connectivity index (χ1v) is 14.7. The average molecular weight is 608 g/mol. The van der Waals surface area contributed by atoms with Crippen LogP contribution in [0.5, 0.6) is 5.75 Å². The van der Waals surface area contributed by atoms with Gasteiger partial charge in [-0.1, -0.05) is 41.9 Å². The highest BCUT2D eigenvalue weighted by atomic mass is 35.5. The average Bonchev–Trinajstić information content (AvgIpc) is 3.52. The Labute approximate surface area is 261 Å². The van der Waals surface area contributed by atoms with E-state index in [1.54, 1.807) is 6.20 Å². The summed E-state index contributed by atoms with van der Waals surface area (Å²) in [6.45, 7) is 4.13. The standard InChI is InChI=1S/C34H30ClN5O2S/c1-22-19-29(23(2)39(22)27-10-8-9-24(35)20-27)33-32(30-13-6-7-18-36-30)38-34(43)40(33)26-16-14-25(15-17-26)37-31(41)21-42-28-11-4-3-5-12-28/h3-20,32-33H,21H2,1-2H3,(H,37,41)(H,38,43)/t32-,33-/m0/s1. The third-order valence-electron chi connectivity index (χ3n) is 7.50. The van der Waals surface area contributed by atoms with Gasteiger partial charge < -0.3 is 24.8 Å². The van der Waals surface area contributed by atoms with Gasteiger partial charge >= 0.3 is 0 Å². The van der Waals surface area contributed by atoms with Crippen molar-refractivity contribution in [2.45, 2.75) is 25.9 Å². The van der Waals surface area contributed by atoms with Crippen molar-refractivity contribution in [1.82, 2.24) is 14.9 Å². The number of benzene rings is 3. The quantitative estimate of drug-likeness (QED) is 0.180. The van der Waals surface area contributed by atoms with Crippen molar-refractivity contribution in [1.29, 1.82) is 0 Å². The Morgan fingerprint density at radius 3 is 2.44 bits per heavy atom. The number of para-hydroxylation sites is 1. The fraction of sp³-hybridized carbons (Fsp3) is 0.147. The van der Waals surface area contributed by atoms with E-state index >= 15 is 0 Å². The molecule has 7 nitrogen and oxygen atoms in total. The minimum Gasteiger partial charge on any atom is -0.484 e. The van der Waals surface area contributed by atoms with E-state index in [-0.39, 0.29) is 24.6 Å². The maximum atomic E-state index is 12.5. The first kappa shape index (κ1) is 28.5. The van der Waals surface area contributed by atoms with Gasteiger partial charge in [-0.25, -0.2) is 0 Å². The van der Waals surface area contributed by atoms with Crippen molar-refractivity contribution in [2.75, 3.05) is 16.8 Å². The molecule has 0 spiro atoms.